The Bertz CT molecular complexity index is 613. The Kier molecular flexibility index (Phi) is 13.2. The summed E-state index contributed by atoms with van der Waals surface area (Å²) in [7, 11) is 3.27. The van der Waals surface area contributed by atoms with E-state index in [1.165, 1.54) is 58.8 Å². The summed E-state index contributed by atoms with van der Waals surface area (Å²) in [6.45, 7) is 8.32. The van der Waals surface area contributed by atoms with Crippen molar-refractivity contribution in [2.45, 2.75) is 85.6 Å². The van der Waals surface area contributed by atoms with Gasteiger partial charge in [-0.3, -0.25) is 0 Å². The van der Waals surface area contributed by atoms with Crippen molar-refractivity contribution in [3.05, 3.63) is 33.9 Å². The Morgan fingerprint density at radius 2 is 1.37 bits per heavy atom. The van der Waals surface area contributed by atoms with Crippen molar-refractivity contribution in [1.29, 1.82) is 0 Å². The van der Waals surface area contributed by atoms with Crippen molar-refractivity contribution < 1.29 is 19.0 Å². The van der Waals surface area contributed by atoms with Crippen LogP contribution < -0.4 is 9.47 Å². The second-order valence-corrected chi connectivity index (χ2v) is 21.2. The van der Waals surface area contributed by atoms with E-state index in [9.17, 15) is 4.79 Å². The molecule has 1 aromatic carbocycles. The van der Waals surface area contributed by atoms with Crippen molar-refractivity contribution in [3.63, 3.8) is 0 Å². The third-order valence-electron chi connectivity index (χ3n) is 5.70. The summed E-state index contributed by atoms with van der Waals surface area (Å²) in [6.07, 6.45) is 9.40. The average molecular weight is 525 g/mol. The van der Waals surface area contributed by atoms with Gasteiger partial charge in [0.05, 0.1) is 0 Å². The molecule has 30 heavy (non-hydrogen) atoms. The summed E-state index contributed by atoms with van der Waals surface area (Å²) in [5.74, 6) is 1.13. The minimum absolute atomic E-state index is 0.275. The molecule has 1 aromatic rings. The van der Waals surface area contributed by atoms with Crippen LogP contribution in [0.25, 0.3) is 0 Å². The summed E-state index contributed by atoms with van der Waals surface area (Å²) in [6, 6.07) is 5.70. The van der Waals surface area contributed by atoms with Crippen molar-refractivity contribution >= 4 is 24.3 Å². The maximum atomic E-state index is 11.9. The van der Waals surface area contributed by atoms with Crippen LogP contribution in [0.5, 0.6) is 11.5 Å². The van der Waals surface area contributed by atoms with E-state index in [1.54, 1.807) is 14.2 Å². The van der Waals surface area contributed by atoms with Gasteiger partial charge in [-0.15, -0.1) is 0 Å². The van der Waals surface area contributed by atoms with Crippen LogP contribution >= 0.6 is 0 Å². The molecule has 0 fully saturated rings. The van der Waals surface area contributed by atoms with Gasteiger partial charge >= 0.3 is 189 Å². The van der Waals surface area contributed by atoms with Crippen molar-refractivity contribution in [3.8, 4) is 11.5 Å². The van der Waals surface area contributed by atoms with Crippen LogP contribution in [0.15, 0.2) is 28.4 Å². The molecule has 1 rings (SSSR count). The molecule has 5 heteroatoms. The van der Waals surface area contributed by atoms with Crippen molar-refractivity contribution in [2.24, 2.45) is 0 Å². The van der Waals surface area contributed by atoms with E-state index in [0.29, 0.717) is 11.5 Å². The Morgan fingerprint density at radius 1 is 0.900 bits per heavy atom. The van der Waals surface area contributed by atoms with E-state index in [0.717, 1.165) is 5.56 Å². The fourth-order valence-corrected chi connectivity index (χ4v) is 18.2. The first-order valence-corrected chi connectivity index (χ1v) is 19.2. The number of ether oxygens (including phenoxy) is 3. The molecular formula is C25H42O4Sn. The molecular weight excluding hydrogens is 483 g/mol. The van der Waals surface area contributed by atoms with Crippen LogP contribution in [0, 0.1) is 0 Å². The molecule has 1 unspecified atom stereocenters. The summed E-state index contributed by atoms with van der Waals surface area (Å²) in [5.41, 5.74) is 0.888. The molecule has 170 valence electrons. The van der Waals surface area contributed by atoms with Crippen LogP contribution in [0.2, 0.25) is 13.3 Å². The predicted octanol–water partition coefficient (Wildman–Crippen LogP) is 7.25. The SMILES string of the molecule is CCC[CH2][Sn](/[CH]=C/C(OC(C)=O)c1cc(OC)cc(OC)c1)([CH2]CCC)[CH2]CCC. The van der Waals surface area contributed by atoms with Crippen molar-refractivity contribution in [1.82, 2.24) is 0 Å². The molecule has 0 bridgehead atoms. The van der Waals surface area contributed by atoms with Crippen LogP contribution in [0.4, 0.5) is 0 Å². The van der Waals surface area contributed by atoms with Crippen molar-refractivity contribution in [2.75, 3.05) is 14.2 Å². The normalized spacial score (nSPS) is 12.7. The second-order valence-electron chi connectivity index (χ2n) is 8.21. The number of methoxy groups -OCH3 is 2. The van der Waals surface area contributed by atoms with Crippen LogP contribution in [-0.4, -0.2) is 38.6 Å². The zero-order valence-corrected chi connectivity index (χ0v) is 22.8. The zero-order chi connectivity index (χ0) is 22.4. The van der Waals surface area contributed by atoms with Gasteiger partial charge in [0.25, 0.3) is 0 Å². The van der Waals surface area contributed by atoms with Gasteiger partial charge in [-0.25, -0.2) is 0 Å². The molecule has 0 saturated heterocycles. The predicted molar refractivity (Wildman–Crippen MR) is 128 cm³/mol. The van der Waals surface area contributed by atoms with Crippen LogP contribution in [0.1, 0.15) is 77.9 Å². The molecule has 0 amide bonds. The molecule has 1 atom stereocenters. The summed E-state index contributed by atoms with van der Waals surface area (Å²) in [4.78, 5) is 11.9. The van der Waals surface area contributed by atoms with Gasteiger partial charge in [0.1, 0.15) is 0 Å². The molecule has 0 aliphatic carbocycles. The Balaban J connectivity index is 3.32. The van der Waals surface area contributed by atoms with E-state index in [-0.39, 0.29) is 5.97 Å². The topological polar surface area (TPSA) is 44.8 Å². The number of benzene rings is 1. The molecule has 0 aliphatic rings. The van der Waals surface area contributed by atoms with Gasteiger partial charge in [-0.2, -0.15) is 0 Å². The maximum absolute atomic E-state index is 11.9. The minimum atomic E-state index is -2.47. The molecule has 4 nitrogen and oxygen atoms in total. The molecule has 0 N–H and O–H groups in total. The van der Waals surface area contributed by atoms with E-state index < -0.39 is 24.5 Å². The molecule has 0 aliphatic heterocycles. The summed E-state index contributed by atoms with van der Waals surface area (Å²) >= 11 is -2.47. The quantitative estimate of drug-likeness (QED) is 0.179. The Morgan fingerprint density at radius 3 is 1.73 bits per heavy atom. The fourth-order valence-electron chi connectivity index (χ4n) is 3.89. The van der Waals surface area contributed by atoms with Crippen LogP contribution in [0.3, 0.4) is 0 Å². The van der Waals surface area contributed by atoms with Gasteiger partial charge in [-0.1, -0.05) is 0 Å². The Hall–Kier alpha value is -1.17. The number of carbonyl (C=O) groups is 1. The van der Waals surface area contributed by atoms with E-state index in [2.05, 4.69) is 30.9 Å². The van der Waals surface area contributed by atoms with E-state index >= 15 is 0 Å². The number of hydrogen-bond acceptors (Lipinski definition) is 4. The molecule has 0 heterocycles. The average Bonchev–Trinajstić information content (AvgIpc) is 2.76. The van der Waals surface area contributed by atoms with Gasteiger partial charge in [-0.05, 0) is 0 Å². The third kappa shape index (κ3) is 9.32. The first-order chi connectivity index (χ1) is 14.4. The van der Waals surface area contributed by atoms with Gasteiger partial charge < -0.3 is 0 Å². The number of carbonyl (C=O) groups excluding carboxylic acids is 1. The fraction of sp³-hybridized carbons (Fsp3) is 0.640. The zero-order valence-electron chi connectivity index (χ0n) is 20.0. The third-order valence-corrected chi connectivity index (χ3v) is 19.8. The summed E-state index contributed by atoms with van der Waals surface area (Å²) in [5, 5.41) is 0. The van der Waals surface area contributed by atoms with Gasteiger partial charge in [0, 0.05) is 0 Å². The molecule has 0 aromatic heterocycles. The van der Waals surface area contributed by atoms with Gasteiger partial charge in [0.2, 0.25) is 0 Å². The number of unbranched alkanes of at least 4 members (excludes halogenated alkanes) is 3. The molecule has 0 saturated carbocycles. The van der Waals surface area contributed by atoms with Gasteiger partial charge in [0.15, 0.2) is 0 Å². The molecule has 0 spiro atoms. The summed E-state index contributed by atoms with van der Waals surface area (Å²) < 4.78 is 23.3. The van der Waals surface area contributed by atoms with Crippen LogP contribution in [-0.2, 0) is 9.53 Å². The number of esters is 1. The van der Waals surface area contributed by atoms with E-state index in [1.807, 2.05) is 18.2 Å². The Labute approximate surface area is 188 Å². The van der Waals surface area contributed by atoms with E-state index in [4.69, 9.17) is 14.2 Å². The second kappa shape index (κ2) is 14.8. The number of rotatable bonds is 15. The first kappa shape index (κ1) is 26.9. The first-order valence-electron chi connectivity index (χ1n) is 11.5. The monoisotopic (exact) mass is 526 g/mol. The number of hydrogen-bond donors (Lipinski definition) is 0. The molecule has 0 radical (unpaired) electrons. The standard InChI is InChI=1S/C13H15O4.3C4H9.Sn/c1-5-13(17-9(2)14)10-6-11(15-3)8-12(7-10)16-4;3*1-3-4-2;/h1,5-8,13H,2-4H3;3*1,3-4H2,2H3;.